The first kappa shape index (κ1) is 11.8. The molecular formula is C8H12F3N3O. The highest BCUT2D eigenvalue weighted by molar-refractivity contribution is 5.86. The molecule has 2 amide bonds. The second-order valence-corrected chi connectivity index (χ2v) is 3.47. The van der Waals surface area contributed by atoms with Crippen LogP contribution in [-0.2, 0) is 0 Å². The first-order chi connectivity index (χ1) is 6.89. The lowest BCUT2D eigenvalue weighted by atomic mass is 9.87. The van der Waals surface area contributed by atoms with Gasteiger partial charge in [-0.25, -0.2) is 10.2 Å². The minimum Gasteiger partial charge on any atom is -0.350 e. The number of hydrogen-bond acceptors (Lipinski definition) is 2. The van der Waals surface area contributed by atoms with Gasteiger partial charge in [-0.15, -0.1) is 0 Å². The molecule has 0 atom stereocenters. The van der Waals surface area contributed by atoms with Crippen LogP contribution in [0.1, 0.15) is 25.7 Å². The van der Waals surface area contributed by atoms with Crippen molar-refractivity contribution in [3.63, 3.8) is 0 Å². The molecule has 3 N–H and O–H groups in total. The Labute approximate surface area is 84.7 Å². The number of nitrogens with two attached hydrogens (primary N) is 1. The van der Waals surface area contributed by atoms with Crippen molar-refractivity contribution in [3.8, 4) is 0 Å². The first-order valence-corrected chi connectivity index (χ1v) is 4.57. The van der Waals surface area contributed by atoms with Gasteiger partial charge in [0.1, 0.15) is 0 Å². The van der Waals surface area contributed by atoms with Gasteiger partial charge in [-0.2, -0.15) is 18.3 Å². The molecule has 0 aliphatic heterocycles. The number of hydrazone groups is 1. The van der Waals surface area contributed by atoms with E-state index in [1.165, 1.54) is 0 Å². The van der Waals surface area contributed by atoms with Crippen LogP contribution < -0.4 is 11.2 Å². The number of rotatable bonds is 1. The van der Waals surface area contributed by atoms with Gasteiger partial charge in [0.05, 0.1) is 5.92 Å². The van der Waals surface area contributed by atoms with Crippen molar-refractivity contribution in [2.24, 2.45) is 16.8 Å². The molecule has 0 spiro atoms. The van der Waals surface area contributed by atoms with Crippen LogP contribution in [0.15, 0.2) is 5.10 Å². The van der Waals surface area contributed by atoms with E-state index in [1.54, 1.807) is 0 Å². The van der Waals surface area contributed by atoms with Crippen LogP contribution in [0.5, 0.6) is 0 Å². The SMILES string of the molecule is NC(=O)NN=C1CCC(C(F)(F)F)CC1. The Morgan fingerprint density at radius 2 is 1.93 bits per heavy atom. The van der Waals surface area contributed by atoms with Gasteiger partial charge in [-0.05, 0) is 25.7 Å². The topological polar surface area (TPSA) is 67.5 Å². The Hall–Kier alpha value is -1.27. The molecule has 0 aromatic rings. The summed E-state index contributed by atoms with van der Waals surface area (Å²) >= 11 is 0. The van der Waals surface area contributed by atoms with Crippen LogP contribution in [0.2, 0.25) is 0 Å². The molecule has 1 saturated carbocycles. The van der Waals surface area contributed by atoms with E-state index in [0.717, 1.165) is 0 Å². The highest BCUT2D eigenvalue weighted by Crippen LogP contribution is 2.36. The normalized spacial score (nSPS) is 22.3. The second-order valence-electron chi connectivity index (χ2n) is 3.47. The predicted octanol–water partition coefficient (Wildman–Crippen LogP) is 1.76. The van der Waals surface area contributed by atoms with Crippen LogP contribution in [0.3, 0.4) is 0 Å². The number of primary amides is 1. The summed E-state index contributed by atoms with van der Waals surface area (Å²) in [4.78, 5) is 10.3. The summed E-state index contributed by atoms with van der Waals surface area (Å²) in [5.41, 5.74) is 7.35. The van der Waals surface area contributed by atoms with Crippen molar-refractivity contribution in [2.45, 2.75) is 31.9 Å². The lowest BCUT2D eigenvalue weighted by molar-refractivity contribution is -0.178. The zero-order chi connectivity index (χ0) is 11.5. The number of amides is 2. The highest BCUT2D eigenvalue weighted by Gasteiger charge is 2.40. The predicted molar refractivity (Wildman–Crippen MR) is 48.2 cm³/mol. The smallest absolute Gasteiger partial charge is 0.350 e. The lowest BCUT2D eigenvalue weighted by Crippen LogP contribution is -2.30. The fourth-order valence-corrected chi connectivity index (χ4v) is 1.52. The lowest BCUT2D eigenvalue weighted by Gasteiger charge is -2.24. The van der Waals surface area contributed by atoms with Crippen molar-refractivity contribution in [2.75, 3.05) is 0 Å². The molecule has 0 saturated heterocycles. The van der Waals surface area contributed by atoms with E-state index in [9.17, 15) is 18.0 Å². The third kappa shape index (κ3) is 3.77. The number of hydrogen-bond donors (Lipinski definition) is 2. The molecule has 1 aliphatic rings. The third-order valence-corrected chi connectivity index (χ3v) is 2.35. The molecule has 0 aromatic carbocycles. The van der Waals surface area contributed by atoms with Crippen molar-refractivity contribution in [3.05, 3.63) is 0 Å². The number of urea groups is 1. The summed E-state index contributed by atoms with van der Waals surface area (Å²) < 4.78 is 36.8. The largest absolute Gasteiger partial charge is 0.391 e. The Morgan fingerprint density at radius 3 is 2.33 bits per heavy atom. The average Bonchev–Trinajstić information content (AvgIpc) is 2.14. The highest BCUT2D eigenvalue weighted by atomic mass is 19.4. The standard InChI is InChI=1S/C8H12F3N3O/c9-8(10,11)5-1-3-6(4-2-5)13-14-7(12)15/h5H,1-4H2,(H3,12,14,15). The summed E-state index contributed by atoms with van der Waals surface area (Å²) in [6, 6.07) is -0.805. The number of alkyl halides is 3. The number of nitrogens with one attached hydrogen (secondary N) is 1. The maximum absolute atomic E-state index is 12.3. The molecule has 0 bridgehead atoms. The third-order valence-electron chi connectivity index (χ3n) is 2.35. The Balaban J connectivity index is 2.42. The van der Waals surface area contributed by atoms with Crippen molar-refractivity contribution < 1.29 is 18.0 Å². The van der Waals surface area contributed by atoms with E-state index in [1.807, 2.05) is 5.43 Å². The molecule has 86 valence electrons. The van der Waals surface area contributed by atoms with E-state index in [-0.39, 0.29) is 25.7 Å². The molecule has 1 fully saturated rings. The molecule has 0 unspecified atom stereocenters. The Bertz CT molecular complexity index is 265. The minimum atomic E-state index is -4.12. The summed E-state index contributed by atoms with van der Waals surface area (Å²) in [7, 11) is 0. The second kappa shape index (κ2) is 4.50. The molecule has 15 heavy (non-hydrogen) atoms. The minimum absolute atomic E-state index is 0.0305. The molecular weight excluding hydrogens is 211 g/mol. The van der Waals surface area contributed by atoms with Gasteiger partial charge in [0.25, 0.3) is 0 Å². The molecule has 1 rings (SSSR count). The van der Waals surface area contributed by atoms with E-state index in [4.69, 9.17) is 5.73 Å². The summed E-state index contributed by atoms with van der Waals surface area (Å²) in [5.74, 6) is -1.25. The van der Waals surface area contributed by atoms with Gasteiger partial charge in [0.2, 0.25) is 0 Å². The molecule has 7 heteroatoms. The van der Waals surface area contributed by atoms with E-state index < -0.39 is 18.1 Å². The van der Waals surface area contributed by atoms with Crippen LogP contribution in [-0.4, -0.2) is 17.9 Å². The van der Waals surface area contributed by atoms with E-state index in [0.29, 0.717) is 5.71 Å². The maximum Gasteiger partial charge on any atom is 0.391 e. The van der Waals surface area contributed by atoms with Crippen molar-refractivity contribution >= 4 is 11.7 Å². The quantitative estimate of drug-likeness (QED) is 0.653. The number of nitrogens with zero attached hydrogens (tertiary/aromatic N) is 1. The zero-order valence-electron chi connectivity index (χ0n) is 7.97. The molecule has 1 aliphatic carbocycles. The van der Waals surface area contributed by atoms with E-state index in [2.05, 4.69) is 5.10 Å². The van der Waals surface area contributed by atoms with Crippen LogP contribution in [0.4, 0.5) is 18.0 Å². The Morgan fingerprint density at radius 1 is 1.40 bits per heavy atom. The maximum atomic E-state index is 12.3. The van der Waals surface area contributed by atoms with Crippen LogP contribution in [0.25, 0.3) is 0 Å². The molecule has 0 heterocycles. The number of carbonyl (C=O) groups is 1. The van der Waals surface area contributed by atoms with Gasteiger partial charge < -0.3 is 5.73 Å². The molecule has 0 radical (unpaired) electrons. The summed E-state index contributed by atoms with van der Waals surface area (Å²) in [6.45, 7) is 0. The summed E-state index contributed by atoms with van der Waals surface area (Å²) in [5, 5.41) is 3.62. The van der Waals surface area contributed by atoms with Gasteiger partial charge in [-0.3, -0.25) is 0 Å². The first-order valence-electron chi connectivity index (χ1n) is 4.57. The van der Waals surface area contributed by atoms with E-state index >= 15 is 0 Å². The van der Waals surface area contributed by atoms with Crippen LogP contribution in [0, 0.1) is 5.92 Å². The van der Waals surface area contributed by atoms with Gasteiger partial charge >= 0.3 is 12.2 Å². The van der Waals surface area contributed by atoms with Gasteiger partial charge in [-0.1, -0.05) is 0 Å². The fraction of sp³-hybridized carbons (Fsp3) is 0.750. The number of carbonyl (C=O) groups excluding carboxylic acids is 1. The number of halogens is 3. The zero-order valence-corrected chi connectivity index (χ0v) is 7.97. The average molecular weight is 223 g/mol. The Kier molecular flexibility index (Phi) is 3.54. The summed E-state index contributed by atoms with van der Waals surface area (Å²) in [6.07, 6.45) is -3.55. The molecule has 0 aromatic heterocycles. The fourth-order valence-electron chi connectivity index (χ4n) is 1.52. The van der Waals surface area contributed by atoms with Crippen molar-refractivity contribution in [1.29, 1.82) is 0 Å². The van der Waals surface area contributed by atoms with Crippen LogP contribution >= 0.6 is 0 Å². The van der Waals surface area contributed by atoms with Gasteiger partial charge in [0, 0.05) is 5.71 Å². The monoisotopic (exact) mass is 223 g/mol. The van der Waals surface area contributed by atoms with Crippen molar-refractivity contribution in [1.82, 2.24) is 5.43 Å². The van der Waals surface area contributed by atoms with Gasteiger partial charge in [0.15, 0.2) is 0 Å². The molecule has 4 nitrogen and oxygen atoms in total.